The second-order valence-corrected chi connectivity index (χ2v) is 4.50. The molecule has 1 aliphatic rings. The maximum absolute atomic E-state index is 6.14. The van der Waals surface area contributed by atoms with Gasteiger partial charge < -0.3 is 15.2 Å². The molecule has 17 heavy (non-hydrogen) atoms. The first-order valence-electron chi connectivity index (χ1n) is 6.37. The van der Waals surface area contributed by atoms with E-state index in [-0.39, 0.29) is 12.3 Å². The van der Waals surface area contributed by atoms with E-state index in [9.17, 15) is 0 Å². The van der Waals surface area contributed by atoms with Crippen molar-refractivity contribution in [2.75, 3.05) is 13.2 Å². The van der Waals surface area contributed by atoms with Crippen molar-refractivity contribution in [2.45, 2.75) is 38.5 Å². The van der Waals surface area contributed by atoms with Gasteiger partial charge in [0.2, 0.25) is 0 Å². The Kier molecular flexibility index (Phi) is 4.54. The van der Waals surface area contributed by atoms with Crippen molar-refractivity contribution in [3.8, 4) is 0 Å². The van der Waals surface area contributed by atoms with E-state index in [1.54, 1.807) is 0 Å². The summed E-state index contributed by atoms with van der Waals surface area (Å²) in [6, 6.07) is 8.55. The minimum absolute atomic E-state index is 0.00576. The third kappa shape index (κ3) is 3.53. The molecule has 0 aromatic heterocycles. The molecule has 2 rings (SSSR count). The molecule has 0 saturated carbocycles. The van der Waals surface area contributed by atoms with Crippen molar-refractivity contribution in [3.05, 3.63) is 35.4 Å². The largest absolute Gasteiger partial charge is 0.350 e. The molecule has 1 aliphatic heterocycles. The van der Waals surface area contributed by atoms with E-state index in [0.717, 1.165) is 18.4 Å². The minimum Gasteiger partial charge on any atom is -0.350 e. The van der Waals surface area contributed by atoms with Crippen LogP contribution in [0.15, 0.2) is 24.3 Å². The molecule has 1 unspecified atom stereocenters. The maximum atomic E-state index is 6.14. The molecule has 3 heteroatoms. The summed E-state index contributed by atoms with van der Waals surface area (Å²) in [5.41, 5.74) is 8.67. The van der Waals surface area contributed by atoms with E-state index in [4.69, 9.17) is 15.2 Å². The highest BCUT2D eigenvalue weighted by molar-refractivity contribution is 5.25. The monoisotopic (exact) mass is 235 g/mol. The van der Waals surface area contributed by atoms with Gasteiger partial charge in [-0.05, 0) is 17.5 Å². The van der Waals surface area contributed by atoms with Gasteiger partial charge in [0, 0.05) is 12.5 Å². The topological polar surface area (TPSA) is 44.5 Å². The van der Waals surface area contributed by atoms with Gasteiger partial charge in [0.25, 0.3) is 0 Å². The highest BCUT2D eigenvalue weighted by Gasteiger charge is 2.19. The Bertz CT molecular complexity index is 331. The molecule has 1 heterocycles. The van der Waals surface area contributed by atoms with Crippen molar-refractivity contribution in [1.82, 2.24) is 0 Å². The van der Waals surface area contributed by atoms with Gasteiger partial charge in [0.05, 0.1) is 13.2 Å². The molecule has 94 valence electrons. The van der Waals surface area contributed by atoms with E-state index < -0.39 is 0 Å². The molecule has 2 N–H and O–H groups in total. The highest BCUT2D eigenvalue weighted by Crippen LogP contribution is 2.20. The number of hydrogen-bond donors (Lipinski definition) is 1. The van der Waals surface area contributed by atoms with E-state index in [0.29, 0.717) is 13.2 Å². The molecule has 1 fully saturated rings. The van der Waals surface area contributed by atoms with Gasteiger partial charge in [0.15, 0.2) is 6.29 Å². The summed E-state index contributed by atoms with van der Waals surface area (Å²) in [5.74, 6) is 0. The first-order chi connectivity index (χ1) is 8.29. The SMILES string of the molecule is CCCc1ccc(C(N)CC2OCCO2)cc1. The molecular weight excluding hydrogens is 214 g/mol. The van der Waals surface area contributed by atoms with Crippen LogP contribution >= 0.6 is 0 Å². The number of benzene rings is 1. The second-order valence-electron chi connectivity index (χ2n) is 4.50. The Morgan fingerprint density at radius 2 is 1.88 bits per heavy atom. The summed E-state index contributed by atoms with van der Waals surface area (Å²) >= 11 is 0. The van der Waals surface area contributed by atoms with Crippen LogP contribution in [0, 0.1) is 0 Å². The van der Waals surface area contributed by atoms with Crippen molar-refractivity contribution in [3.63, 3.8) is 0 Å². The van der Waals surface area contributed by atoms with Crippen LogP contribution in [0.25, 0.3) is 0 Å². The predicted octanol–water partition coefficient (Wildman–Crippen LogP) is 2.40. The zero-order chi connectivity index (χ0) is 12.1. The summed E-state index contributed by atoms with van der Waals surface area (Å²) in [4.78, 5) is 0. The first kappa shape index (κ1) is 12.6. The van der Waals surface area contributed by atoms with Crippen LogP contribution in [0.2, 0.25) is 0 Å². The average molecular weight is 235 g/mol. The molecule has 1 aromatic carbocycles. The Labute approximate surface area is 103 Å². The quantitative estimate of drug-likeness (QED) is 0.852. The molecule has 1 aromatic rings. The summed E-state index contributed by atoms with van der Waals surface area (Å²) in [6.07, 6.45) is 2.91. The van der Waals surface area contributed by atoms with Crippen LogP contribution in [0.4, 0.5) is 0 Å². The molecule has 1 saturated heterocycles. The van der Waals surface area contributed by atoms with Crippen LogP contribution in [-0.4, -0.2) is 19.5 Å². The molecule has 0 aliphatic carbocycles. The lowest BCUT2D eigenvalue weighted by molar-refractivity contribution is -0.0507. The normalized spacial score (nSPS) is 18.5. The van der Waals surface area contributed by atoms with Gasteiger partial charge in [-0.3, -0.25) is 0 Å². The number of aryl methyl sites for hydroxylation is 1. The van der Waals surface area contributed by atoms with E-state index >= 15 is 0 Å². The van der Waals surface area contributed by atoms with Crippen molar-refractivity contribution in [1.29, 1.82) is 0 Å². The molecule has 0 spiro atoms. The summed E-state index contributed by atoms with van der Waals surface area (Å²) < 4.78 is 10.8. The van der Waals surface area contributed by atoms with Crippen molar-refractivity contribution < 1.29 is 9.47 Å². The Morgan fingerprint density at radius 3 is 2.47 bits per heavy atom. The number of rotatable bonds is 5. The molecule has 3 nitrogen and oxygen atoms in total. The zero-order valence-corrected chi connectivity index (χ0v) is 10.4. The zero-order valence-electron chi connectivity index (χ0n) is 10.4. The fourth-order valence-electron chi connectivity index (χ4n) is 2.11. The summed E-state index contributed by atoms with van der Waals surface area (Å²) in [5, 5.41) is 0. The lowest BCUT2D eigenvalue weighted by atomic mass is 10.0. The van der Waals surface area contributed by atoms with Gasteiger partial charge in [-0.2, -0.15) is 0 Å². The lowest BCUT2D eigenvalue weighted by Gasteiger charge is -2.16. The lowest BCUT2D eigenvalue weighted by Crippen LogP contribution is -2.19. The molecule has 0 radical (unpaired) electrons. The Balaban J connectivity index is 1.91. The van der Waals surface area contributed by atoms with Gasteiger partial charge in [-0.1, -0.05) is 37.6 Å². The fourth-order valence-corrected chi connectivity index (χ4v) is 2.11. The minimum atomic E-state index is -0.125. The number of ether oxygens (including phenoxy) is 2. The predicted molar refractivity (Wildman–Crippen MR) is 67.7 cm³/mol. The van der Waals surface area contributed by atoms with Gasteiger partial charge in [-0.25, -0.2) is 0 Å². The van der Waals surface area contributed by atoms with E-state index in [1.807, 2.05) is 0 Å². The van der Waals surface area contributed by atoms with Gasteiger partial charge in [0.1, 0.15) is 0 Å². The van der Waals surface area contributed by atoms with Gasteiger partial charge >= 0.3 is 0 Å². The molecule has 0 amide bonds. The Morgan fingerprint density at radius 1 is 1.24 bits per heavy atom. The second kappa shape index (κ2) is 6.15. The first-order valence-corrected chi connectivity index (χ1v) is 6.37. The van der Waals surface area contributed by atoms with Crippen LogP contribution in [-0.2, 0) is 15.9 Å². The fraction of sp³-hybridized carbons (Fsp3) is 0.571. The summed E-state index contributed by atoms with van der Waals surface area (Å²) in [6.45, 7) is 3.56. The maximum Gasteiger partial charge on any atom is 0.159 e. The van der Waals surface area contributed by atoms with Crippen LogP contribution < -0.4 is 5.73 Å². The average Bonchev–Trinajstić information content (AvgIpc) is 2.83. The molecule has 0 bridgehead atoms. The third-order valence-electron chi connectivity index (χ3n) is 3.08. The third-order valence-corrected chi connectivity index (χ3v) is 3.08. The highest BCUT2D eigenvalue weighted by atomic mass is 16.7. The molecular formula is C14H21NO2. The van der Waals surface area contributed by atoms with Crippen molar-refractivity contribution >= 4 is 0 Å². The van der Waals surface area contributed by atoms with Crippen LogP contribution in [0.1, 0.15) is 36.9 Å². The van der Waals surface area contributed by atoms with Crippen molar-refractivity contribution in [2.24, 2.45) is 5.73 Å². The standard InChI is InChI=1S/C14H21NO2/c1-2-3-11-4-6-12(7-5-11)13(15)10-14-16-8-9-17-14/h4-7,13-14H,2-3,8-10,15H2,1H3. The number of hydrogen-bond acceptors (Lipinski definition) is 3. The summed E-state index contributed by atoms with van der Waals surface area (Å²) in [7, 11) is 0. The molecule has 1 atom stereocenters. The van der Waals surface area contributed by atoms with E-state index in [2.05, 4.69) is 31.2 Å². The van der Waals surface area contributed by atoms with Crippen LogP contribution in [0.3, 0.4) is 0 Å². The van der Waals surface area contributed by atoms with E-state index in [1.165, 1.54) is 12.0 Å². The van der Waals surface area contributed by atoms with Crippen LogP contribution in [0.5, 0.6) is 0 Å². The Hall–Kier alpha value is -0.900. The number of nitrogens with two attached hydrogens (primary N) is 1. The van der Waals surface area contributed by atoms with Gasteiger partial charge in [-0.15, -0.1) is 0 Å². The smallest absolute Gasteiger partial charge is 0.159 e.